The van der Waals surface area contributed by atoms with E-state index in [1.165, 1.54) is 0 Å². The van der Waals surface area contributed by atoms with Crippen LogP contribution in [-0.4, -0.2) is 38.0 Å². The molecule has 0 aromatic carbocycles. The average Bonchev–Trinajstić information content (AvgIpc) is 2.09. The Morgan fingerprint density at radius 2 is 1.94 bits per heavy atom. The molecule has 0 aliphatic heterocycles. The van der Waals surface area contributed by atoms with Crippen LogP contribution in [0.2, 0.25) is 0 Å². The maximum Gasteiger partial charge on any atom is 0.310 e. The maximum absolute atomic E-state index is 11.2. The second kappa shape index (κ2) is 5.63. The summed E-state index contributed by atoms with van der Waals surface area (Å²) in [5.74, 6) is -0.977. The van der Waals surface area contributed by atoms with Gasteiger partial charge in [-0.3, -0.25) is 4.79 Å². The molecule has 0 bridgehead atoms. The van der Waals surface area contributed by atoms with E-state index < -0.39 is 21.2 Å². The Kier molecular flexibility index (Phi) is 5.41. The zero-order valence-corrected chi connectivity index (χ0v) is 10.9. The highest BCUT2D eigenvalue weighted by Gasteiger charge is 2.38. The molecule has 0 saturated carbocycles. The molecule has 0 heterocycles. The van der Waals surface area contributed by atoms with E-state index in [4.69, 9.17) is 5.73 Å². The van der Waals surface area contributed by atoms with Gasteiger partial charge < -0.3 is 10.8 Å². The van der Waals surface area contributed by atoms with Gasteiger partial charge in [-0.2, -0.15) is 0 Å². The van der Waals surface area contributed by atoms with Crippen LogP contribution in [0.15, 0.2) is 0 Å². The average molecular weight is 251 g/mol. The molecule has 0 aromatic rings. The highest BCUT2D eigenvalue weighted by Crippen LogP contribution is 2.30. The van der Waals surface area contributed by atoms with Crippen molar-refractivity contribution >= 4 is 15.8 Å². The van der Waals surface area contributed by atoms with E-state index in [-0.39, 0.29) is 24.6 Å². The lowest BCUT2D eigenvalue weighted by Gasteiger charge is -2.29. The molecule has 16 heavy (non-hydrogen) atoms. The fourth-order valence-corrected chi connectivity index (χ4v) is 2.49. The fourth-order valence-electron chi connectivity index (χ4n) is 1.73. The quantitative estimate of drug-likeness (QED) is 0.686. The molecule has 0 aliphatic rings. The van der Waals surface area contributed by atoms with E-state index in [0.717, 1.165) is 6.26 Å². The van der Waals surface area contributed by atoms with E-state index in [2.05, 4.69) is 0 Å². The normalized spacial score (nSPS) is 16.1. The molecule has 6 heteroatoms. The molecule has 0 fully saturated rings. The first-order chi connectivity index (χ1) is 7.13. The predicted octanol–water partition coefficient (Wildman–Crippen LogP) is 0.497. The summed E-state index contributed by atoms with van der Waals surface area (Å²) in [6, 6.07) is 0. The van der Waals surface area contributed by atoms with Crippen molar-refractivity contribution in [2.45, 2.75) is 26.7 Å². The molecule has 0 saturated heterocycles. The second-order valence-electron chi connectivity index (χ2n) is 4.77. The van der Waals surface area contributed by atoms with Crippen LogP contribution < -0.4 is 5.73 Å². The molecule has 0 aliphatic carbocycles. The number of carboxylic acid groups (broad SMARTS) is 1. The van der Waals surface area contributed by atoms with Crippen molar-refractivity contribution in [1.82, 2.24) is 0 Å². The van der Waals surface area contributed by atoms with Crippen LogP contribution in [0.25, 0.3) is 0 Å². The third kappa shape index (κ3) is 4.94. The van der Waals surface area contributed by atoms with Gasteiger partial charge in [-0.15, -0.1) is 0 Å². The van der Waals surface area contributed by atoms with E-state index in [9.17, 15) is 18.3 Å². The van der Waals surface area contributed by atoms with Crippen molar-refractivity contribution in [3.63, 3.8) is 0 Å². The van der Waals surface area contributed by atoms with Gasteiger partial charge in [-0.1, -0.05) is 13.8 Å². The Hall–Kier alpha value is -0.620. The van der Waals surface area contributed by atoms with Gasteiger partial charge in [-0.05, 0) is 18.8 Å². The first-order valence-corrected chi connectivity index (χ1v) is 7.30. The minimum absolute atomic E-state index is 0.0317. The van der Waals surface area contributed by atoms with E-state index in [1.807, 2.05) is 13.8 Å². The van der Waals surface area contributed by atoms with Crippen LogP contribution in [0, 0.1) is 11.3 Å². The number of carboxylic acids is 1. The molecule has 1 atom stereocenters. The Bertz CT molecular complexity index is 337. The minimum atomic E-state index is -3.16. The molecule has 3 N–H and O–H groups in total. The minimum Gasteiger partial charge on any atom is -0.481 e. The van der Waals surface area contributed by atoms with Gasteiger partial charge in [0, 0.05) is 12.8 Å². The number of aliphatic carboxylic acids is 1. The SMILES string of the molecule is CC(C)CC(CN)(CCS(C)(=O)=O)C(=O)O. The largest absolute Gasteiger partial charge is 0.481 e. The van der Waals surface area contributed by atoms with Crippen LogP contribution >= 0.6 is 0 Å². The van der Waals surface area contributed by atoms with Gasteiger partial charge in [0.15, 0.2) is 0 Å². The van der Waals surface area contributed by atoms with Gasteiger partial charge in [-0.25, -0.2) is 8.42 Å². The molecular formula is C10H21NO4S. The van der Waals surface area contributed by atoms with Crippen LogP contribution in [0.5, 0.6) is 0 Å². The Balaban J connectivity index is 4.85. The topological polar surface area (TPSA) is 97.5 Å². The fraction of sp³-hybridized carbons (Fsp3) is 0.900. The third-order valence-corrected chi connectivity index (χ3v) is 3.54. The first-order valence-electron chi connectivity index (χ1n) is 5.24. The van der Waals surface area contributed by atoms with Crippen molar-refractivity contribution in [3.8, 4) is 0 Å². The van der Waals surface area contributed by atoms with Gasteiger partial charge in [0.25, 0.3) is 0 Å². The van der Waals surface area contributed by atoms with Crippen LogP contribution in [0.3, 0.4) is 0 Å². The lowest BCUT2D eigenvalue weighted by atomic mass is 9.78. The lowest BCUT2D eigenvalue weighted by molar-refractivity contribution is -0.149. The van der Waals surface area contributed by atoms with Crippen LogP contribution in [0.1, 0.15) is 26.7 Å². The molecule has 0 amide bonds. The monoisotopic (exact) mass is 251 g/mol. The van der Waals surface area contributed by atoms with Crippen molar-refractivity contribution < 1.29 is 18.3 Å². The first kappa shape index (κ1) is 15.4. The summed E-state index contributed by atoms with van der Waals surface area (Å²) in [5.41, 5.74) is 4.40. The van der Waals surface area contributed by atoms with Crippen molar-refractivity contribution in [1.29, 1.82) is 0 Å². The summed E-state index contributed by atoms with van der Waals surface area (Å²) in [4.78, 5) is 11.2. The molecular weight excluding hydrogens is 230 g/mol. The highest BCUT2D eigenvalue weighted by molar-refractivity contribution is 7.90. The van der Waals surface area contributed by atoms with Gasteiger partial charge >= 0.3 is 5.97 Å². The molecule has 0 aromatic heterocycles. The molecule has 0 spiro atoms. The predicted molar refractivity (Wildman–Crippen MR) is 62.9 cm³/mol. The molecule has 96 valence electrons. The third-order valence-electron chi connectivity index (χ3n) is 2.59. The van der Waals surface area contributed by atoms with Crippen molar-refractivity contribution in [2.75, 3.05) is 18.6 Å². The number of rotatable bonds is 7. The Labute approximate surface area is 96.9 Å². The van der Waals surface area contributed by atoms with E-state index in [0.29, 0.717) is 6.42 Å². The Morgan fingerprint density at radius 1 is 1.44 bits per heavy atom. The van der Waals surface area contributed by atoms with Crippen LogP contribution in [-0.2, 0) is 14.6 Å². The van der Waals surface area contributed by atoms with Gasteiger partial charge in [0.2, 0.25) is 0 Å². The number of carbonyl (C=O) groups is 1. The van der Waals surface area contributed by atoms with E-state index >= 15 is 0 Å². The number of nitrogens with two attached hydrogens (primary N) is 1. The molecule has 0 radical (unpaired) electrons. The molecule has 5 nitrogen and oxygen atoms in total. The summed E-state index contributed by atoms with van der Waals surface area (Å²) in [6.07, 6.45) is 1.58. The zero-order valence-electron chi connectivity index (χ0n) is 10.1. The Morgan fingerprint density at radius 3 is 2.19 bits per heavy atom. The molecule has 0 rings (SSSR count). The number of hydrogen-bond acceptors (Lipinski definition) is 4. The second-order valence-corrected chi connectivity index (χ2v) is 7.03. The zero-order chi connectivity index (χ0) is 13.0. The maximum atomic E-state index is 11.2. The van der Waals surface area contributed by atoms with Crippen LogP contribution in [0.4, 0.5) is 0 Å². The summed E-state index contributed by atoms with van der Waals surface area (Å²) >= 11 is 0. The smallest absolute Gasteiger partial charge is 0.310 e. The number of hydrogen-bond donors (Lipinski definition) is 2. The van der Waals surface area contributed by atoms with Crippen molar-refractivity contribution in [2.24, 2.45) is 17.1 Å². The summed E-state index contributed by atoms with van der Waals surface area (Å²) in [6.45, 7) is 3.76. The highest BCUT2D eigenvalue weighted by atomic mass is 32.2. The lowest BCUT2D eigenvalue weighted by Crippen LogP contribution is -2.41. The van der Waals surface area contributed by atoms with Gasteiger partial charge in [0.1, 0.15) is 9.84 Å². The summed E-state index contributed by atoms with van der Waals surface area (Å²) in [5, 5.41) is 9.19. The molecule has 1 unspecified atom stereocenters. The van der Waals surface area contributed by atoms with Crippen molar-refractivity contribution in [3.05, 3.63) is 0 Å². The van der Waals surface area contributed by atoms with E-state index in [1.54, 1.807) is 0 Å². The standard InChI is InChI=1S/C10H21NO4S/c1-8(2)6-10(7-11,9(12)13)4-5-16(3,14)15/h8H,4-7,11H2,1-3H3,(H,12,13). The summed E-state index contributed by atoms with van der Waals surface area (Å²) in [7, 11) is -3.16. The summed E-state index contributed by atoms with van der Waals surface area (Å²) < 4.78 is 22.1. The van der Waals surface area contributed by atoms with Gasteiger partial charge in [0.05, 0.1) is 11.2 Å². The number of sulfone groups is 1.